The molecule has 1 fully saturated rings. The Balaban J connectivity index is 1.66. The SMILES string of the molecule is O=C(O)C[C@H](O)C[C@H](O)/C=C/c1c2c(nn1-c1ccc(F)cc1)C(C1CCCCC1)CCC2. The minimum atomic E-state index is -1.12. The predicted octanol–water partition coefficient (Wildman–Crippen LogP) is 4.61. The van der Waals surface area contributed by atoms with E-state index in [1.165, 1.54) is 49.8 Å². The highest BCUT2D eigenvalue weighted by Gasteiger charge is 2.33. The minimum absolute atomic E-state index is 0.0552. The fraction of sp³-hybridized carbons (Fsp3) is 0.538. The number of hydrogen-bond acceptors (Lipinski definition) is 4. The second-order valence-electron chi connectivity index (χ2n) is 9.45. The first-order valence-corrected chi connectivity index (χ1v) is 12.1. The zero-order valence-corrected chi connectivity index (χ0v) is 18.9. The summed E-state index contributed by atoms with van der Waals surface area (Å²) in [5.74, 6) is -0.347. The minimum Gasteiger partial charge on any atom is -0.481 e. The molecule has 1 aromatic carbocycles. The molecule has 1 aromatic heterocycles. The molecule has 1 unspecified atom stereocenters. The van der Waals surface area contributed by atoms with Gasteiger partial charge in [-0.1, -0.05) is 25.3 Å². The van der Waals surface area contributed by atoms with Crippen LogP contribution in [0.5, 0.6) is 0 Å². The molecule has 0 saturated heterocycles. The van der Waals surface area contributed by atoms with Gasteiger partial charge >= 0.3 is 5.97 Å². The fourth-order valence-electron chi connectivity index (χ4n) is 5.46. The van der Waals surface area contributed by atoms with Crippen LogP contribution in [0.25, 0.3) is 11.8 Å². The number of carboxylic acid groups (broad SMARTS) is 1. The summed E-state index contributed by atoms with van der Waals surface area (Å²) < 4.78 is 15.4. The molecule has 2 aliphatic carbocycles. The number of rotatable bonds is 8. The maximum absolute atomic E-state index is 13.6. The molecule has 3 N–H and O–H groups in total. The Morgan fingerprint density at radius 3 is 2.55 bits per heavy atom. The van der Waals surface area contributed by atoms with Gasteiger partial charge in [-0.3, -0.25) is 4.79 Å². The van der Waals surface area contributed by atoms with Crippen LogP contribution in [0.4, 0.5) is 4.39 Å². The van der Waals surface area contributed by atoms with Crippen LogP contribution in [0.3, 0.4) is 0 Å². The Hall–Kier alpha value is -2.51. The highest BCUT2D eigenvalue weighted by Crippen LogP contribution is 2.44. The number of fused-ring (bicyclic) bond motifs is 1. The largest absolute Gasteiger partial charge is 0.481 e. The van der Waals surface area contributed by atoms with Crippen molar-refractivity contribution in [3.63, 3.8) is 0 Å². The van der Waals surface area contributed by atoms with Crippen molar-refractivity contribution in [3.05, 3.63) is 53.1 Å². The maximum Gasteiger partial charge on any atom is 0.305 e. The summed E-state index contributed by atoms with van der Waals surface area (Å²) in [4.78, 5) is 10.8. The summed E-state index contributed by atoms with van der Waals surface area (Å²) in [5, 5.41) is 34.1. The van der Waals surface area contributed by atoms with Crippen LogP contribution in [-0.4, -0.2) is 43.3 Å². The zero-order valence-electron chi connectivity index (χ0n) is 18.9. The van der Waals surface area contributed by atoms with E-state index in [4.69, 9.17) is 10.2 Å². The smallest absolute Gasteiger partial charge is 0.305 e. The van der Waals surface area contributed by atoms with Crippen LogP contribution in [0.15, 0.2) is 30.3 Å². The highest BCUT2D eigenvalue weighted by atomic mass is 19.1. The van der Waals surface area contributed by atoms with Gasteiger partial charge in [-0.25, -0.2) is 9.07 Å². The van der Waals surface area contributed by atoms with Crippen molar-refractivity contribution in [2.75, 3.05) is 0 Å². The molecule has 6 nitrogen and oxygen atoms in total. The topological polar surface area (TPSA) is 95.6 Å². The standard InChI is InChI=1S/C26H33FN2O4/c27-18-9-11-19(12-10-18)29-24(14-13-20(30)15-21(31)16-25(32)33)23-8-4-7-22(26(23)28-29)17-5-2-1-3-6-17/h9-14,17,20-22,30-31H,1-8,15-16H2,(H,32,33)/b14-13+/t20-,21-,22?/m1/s1. The number of carboxylic acids is 1. The van der Waals surface area contributed by atoms with Crippen LogP contribution in [-0.2, 0) is 11.2 Å². The molecular weight excluding hydrogens is 423 g/mol. The lowest BCUT2D eigenvalue weighted by Gasteiger charge is -2.32. The third kappa shape index (κ3) is 5.71. The van der Waals surface area contributed by atoms with E-state index >= 15 is 0 Å². The molecule has 7 heteroatoms. The Bertz CT molecular complexity index is 979. The van der Waals surface area contributed by atoms with Crippen LogP contribution in [0, 0.1) is 11.7 Å². The first-order valence-electron chi connectivity index (χ1n) is 12.1. The van der Waals surface area contributed by atoms with Gasteiger partial charge in [0.25, 0.3) is 0 Å². The maximum atomic E-state index is 13.6. The Kier molecular flexibility index (Phi) is 7.60. The molecule has 0 bridgehead atoms. The molecule has 1 saturated carbocycles. The number of nitrogens with zero attached hydrogens (tertiary/aromatic N) is 2. The molecular formula is C26H33FN2O4. The van der Waals surface area contributed by atoms with Gasteiger partial charge in [0.05, 0.1) is 35.7 Å². The number of halogens is 1. The first kappa shape index (κ1) is 23.6. The predicted molar refractivity (Wildman–Crippen MR) is 124 cm³/mol. The Morgan fingerprint density at radius 1 is 1.12 bits per heavy atom. The molecule has 178 valence electrons. The molecule has 0 spiro atoms. The first-order chi connectivity index (χ1) is 15.9. The lowest BCUT2D eigenvalue weighted by molar-refractivity contribution is -0.139. The van der Waals surface area contributed by atoms with Gasteiger partial charge in [0.1, 0.15) is 5.82 Å². The summed E-state index contributed by atoms with van der Waals surface area (Å²) >= 11 is 0. The van der Waals surface area contributed by atoms with E-state index in [0.29, 0.717) is 11.8 Å². The summed E-state index contributed by atoms with van der Waals surface area (Å²) in [6.07, 6.45) is 10.3. The number of hydrogen-bond donors (Lipinski definition) is 3. The van der Waals surface area contributed by atoms with E-state index in [1.54, 1.807) is 18.2 Å². The van der Waals surface area contributed by atoms with Crippen LogP contribution < -0.4 is 0 Å². The second-order valence-corrected chi connectivity index (χ2v) is 9.45. The summed E-state index contributed by atoms with van der Waals surface area (Å²) in [7, 11) is 0. The molecule has 0 aliphatic heterocycles. The average Bonchev–Trinajstić information content (AvgIpc) is 3.17. The molecule has 0 amide bonds. The third-order valence-corrected chi connectivity index (χ3v) is 7.04. The lowest BCUT2D eigenvalue weighted by Crippen LogP contribution is -2.21. The van der Waals surface area contributed by atoms with Gasteiger partial charge in [0.2, 0.25) is 0 Å². The number of aromatic nitrogens is 2. The van der Waals surface area contributed by atoms with Crippen molar-refractivity contribution < 1.29 is 24.5 Å². The molecule has 3 atom stereocenters. The molecule has 33 heavy (non-hydrogen) atoms. The molecule has 2 aliphatic rings. The summed E-state index contributed by atoms with van der Waals surface area (Å²) in [6, 6.07) is 6.24. The average molecular weight is 457 g/mol. The van der Waals surface area contributed by atoms with Gasteiger partial charge < -0.3 is 15.3 Å². The molecule has 1 heterocycles. The van der Waals surface area contributed by atoms with E-state index in [9.17, 15) is 19.4 Å². The van der Waals surface area contributed by atoms with Gasteiger partial charge in [0.15, 0.2) is 0 Å². The fourth-order valence-corrected chi connectivity index (χ4v) is 5.46. The monoisotopic (exact) mass is 456 g/mol. The Labute approximate surface area is 193 Å². The van der Waals surface area contributed by atoms with E-state index in [-0.39, 0.29) is 12.2 Å². The number of aliphatic hydroxyl groups is 2. The lowest BCUT2D eigenvalue weighted by atomic mass is 9.73. The van der Waals surface area contributed by atoms with Crippen LogP contribution in [0.2, 0.25) is 0 Å². The molecule has 0 radical (unpaired) electrons. The van der Waals surface area contributed by atoms with E-state index in [2.05, 4.69) is 0 Å². The summed E-state index contributed by atoms with van der Waals surface area (Å²) in [5.41, 5.74) is 3.92. The third-order valence-electron chi connectivity index (χ3n) is 7.04. The van der Waals surface area contributed by atoms with E-state index < -0.39 is 24.6 Å². The van der Waals surface area contributed by atoms with Gasteiger partial charge in [-0.2, -0.15) is 5.10 Å². The molecule has 4 rings (SSSR count). The number of aliphatic hydroxyl groups excluding tert-OH is 2. The van der Waals surface area contributed by atoms with Gasteiger partial charge in [0, 0.05) is 17.9 Å². The van der Waals surface area contributed by atoms with Crippen molar-refractivity contribution in [2.24, 2.45) is 5.92 Å². The van der Waals surface area contributed by atoms with Crippen molar-refractivity contribution in [3.8, 4) is 5.69 Å². The van der Waals surface area contributed by atoms with E-state index in [0.717, 1.165) is 36.3 Å². The van der Waals surface area contributed by atoms with Crippen molar-refractivity contribution >= 4 is 12.0 Å². The summed E-state index contributed by atoms with van der Waals surface area (Å²) in [6.45, 7) is 0. The number of carbonyl (C=O) groups is 1. The normalized spacial score (nSPS) is 21.1. The van der Waals surface area contributed by atoms with Gasteiger partial charge in [-0.15, -0.1) is 0 Å². The highest BCUT2D eigenvalue weighted by molar-refractivity contribution is 5.67. The molecule has 2 aromatic rings. The quantitative estimate of drug-likeness (QED) is 0.539. The van der Waals surface area contributed by atoms with E-state index in [1.807, 2.05) is 10.8 Å². The Morgan fingerprint density at radius 2 is 1.85 bits per heavy atom. The van der Waals surface area contributed by atoms with Gasteiger partial charge in [-0.05, 0) is 68.4 Å². The van der Waals surface area contributed by atoms with Crippen molar-refractivity contribution in [2.45, 2.75) is 82.3 Å². The van der Waals surface area contributed by atoms with Crippen molar-refractivity contribution in [1.82, 2.24) is 9.78 Å². The zero-order chi connectivity index (χ0) is 23.4. The number of benzene rings is 1. The van der Waals surface area contributed by atoms with Crippen LogP contribution >= 0.6 is 0 Å². The number of aliphatic carboxylic acids is 1. The van der Waals surface area contributed by atoms with Crippen LogP contribution in [0.1, 0.15) is 80.7 Å². The second kappa shape index (κ2) is 10.6. The van der Waals surface area contributed by atoms with Crippen molar-refractivity contribution in [1.29, 1.82) is 0 Å².